The summed E-state index contributed by atoms with van der Waals surface area (Å²) in [5.41, 5.74) is 2.86. The maximum atomic E-state index is 5.49. The van der Waals surface area contributed by atoms with Gasteiger partial charge >= 0.3 is 0 Å². The normalized spacial score (nSPS) is 26.4. The third-order valence-electron chi connectivity index (χ3n) is 3.82. The van der Waals surface area contributed by atoms with Crippen molar-refractivity contribution >= 4 is 0 Å². The maximum Gasteiger partial charge on any atom is 0.0846 e. The summed E-state index contributed by atoms with van der Waals surface area (Å²) in [6, 6.07) is 9.10. The molecule has 0 aromatic heterocycles. The van der Waals surface area contributed by atoms with Gasteiger partial charge in [-0.2, -0.15) is 0 Å². The lowest BCUT2D eigenvalue weighted by molar-refractivity contribution is -0.0527. The molecule has 1 atom stereocenters. The Balaban J connectivity index is 1.70. The summed E-state index contributed by atoms with van der Waals surface area (Å²) < 4.78 is 5.49. The number of benzene rings is 1. The van der Waals surface area contributed by atoms with E-state index in [2.05, 4.69) is 29.6 Å². The summed E-state index contributed by atoms with van der Waals surface area (Å²) >= 11 is 0. The highest BCUT2D eigenvalue weighted by molar-refractivity contribution is 5.27. The van der Waals surface area contributed by atoms with Gasteiger partial charge in [0.1, 0.15) is 0 Å². The van der Waals surface area contributed by atoms with Crippen molar-refractivity contribution in [3.05, 3.63) is 35.4 Å². The van der Waals surface area contributed by atoms with Crippen molar-refractivity contribution in [3.63, 3.8) is 0 Å². The number of nitrogens with one attached hydrogen (secondary N) is 1. The van der Waals surface area contributed by atoms with Gasteiger partial charge in [0, 0.05) is 6.42 Å². The van der Waals surface area contributed by atoms with Crippen molar-refractivity contribution in [2.45, 2.75) is 31.3 Å². The van der Waals surface area contributed by atoms with E-state index in [0.717, 1.165) is 25.6 Å². The van der Waals surface area contributed by atoms with Crippen molar-refractivity contribution in [2.24, 2.45) is 0 Å². The van der Waals surface area contributed by atoms with Gasteiger partial charge in [-0.1, -0.05) is 24.3 Å². The van der Waals surface area contributed by atoms with Gasteiger partial charge in [-0.15, -0.1) is 0 Å². The van der Waals surface area contributed by atoms with Crippen LogP contribution in [0.1, 0.15) is 42.4 Å². The smallest absolute Gasteiger partial charge is 0.0846 e. The molecule has 0 amide bonds. The van der Waals surface area contributed by atoms with Crippen LogP contribution in [0.5, 0.6) is 0 Å². The zero-order chi connectivity index (χ0) is 10.8. The molecule has 0 spiro atoms. The van der Waals surface area contributed by atoms with Crippen LogP contribution in [0.15, 0.2) is 24.3 Å². The van der Waals surface area contributed by atoms with E-state index in [9.17, 15) is 0 Å². The maximum absolute atomic E-state index is 5.49. The van der Waals surface area contributed by atoms with Crippen molar-refractivity contribution in [1.29, 1.82) is 0 Å². The first-order valence-electron chi connectivity index (χ1n) is 6.35. The molecule has 1 aromatic carbocycles. The van der Waals surface area contributed by atoms with Gasteiger partial charge in [0.15, 0.2) is 0 Å². The van der Waals surface area contributed by atoms with Crippen LogP contribution in [0.2, 0.25) is 0 Å². The molecule has 2 nitrogen and oxygen atoms in total. The van der Waals surface area contributed by atoms with Crippen LogP contribution in [0.4, 0.5) is 0 Å². The molecule has 0 radical (unpaired) electrons. The summed E-state index contributed by atoms with van der Waals surface area (Å²) in [7, 11) is 0. The molecular weight excluding hydrogens is 198 g/mol. The second kappa shape index (κ2) is 4.56. The molecule has 2 heterocycles. The van der Waals surface area contributed by atoms with Crippen LogP contribution in [-0.4, -0.2) is 19.7 Å². The first kappa shape index (κ1) is 10.3. The Kier molecular flexibility index (Phi) is 2.94. The molecule has 3 rings (SSSR count). The number of hydrogen-bond acceptors (Lipinski definition) is 2. The van der Waals surface area contributed by atoms with Gasteiger partial charge in [0.05, 0.1) is 12.7 Å². The largest absolute Gasteiger partial charge is 0.373 e. The first-order valence-corrected chi connectivity index (χ1v) is 6.35. The molecular formula is C14H19NO. The SMILES string of the molecule is c1cc(C2CCO2)ccc1C1CCNCC1. The first-order chi connectivity index (χ1) is 7.93. The van der Waals surface area contributed by atoms with Crippen LogP contribution in [-0.2, 0) is 4.74 Å². The monoisotopic (exact) mass is 217 g/mol. The molecule has 1 aromatic rings. The highest BCUT2D eigenvalue weighted by Crippen LogP contribution is 2.31. The fraction of sp³-hybridized carbons (Fsp3) is 0.571. The molecule has 2 heteroatoms. The van der Waals surface area contributed by atoms with E-state index in [-0.39, 0.29) is 0 Å². The Bertz CT molecular complexity index is 336. The molecule has 1 unspecified atom stereocenters. The van der Waals surface area contributed by atoms with Crippen molar-refractivity contribution in [1.82, 2.24) is 5.32 Å². The van der Waals surface area contributed by atoms with E-state index in [1.54, 1.807) is 0 Å². The van der Waals surface area contributed by atoms with Crippen molar-refractivity contribution < 1.29 is 4.74 Å². The lowest BCUT2D eigenvalue weighted by Crippen LogP contribution is -2.26. The van der Waals surface area contributed by atoms with Gasteiger partial charge in [-0.05, 0) is 43.0 Å². The number of piperidine rings is 1. The average Bonchev–Trinajstić information content (AvgIpc) is 2.29. The highest BCUT2D eigenvalue weighted by atomic mass is 16.5. The zero-order valence-corrected chi connectivity index (χ0v) is 9.61. The van der Waals surface area contributed by atoms with Crippen LogP contribution >= 0.6 is 0 Å². The molecule has 86 valence electrons. The minimum atomic E-state index is 0.377. The third kappa shape index (κ3) is 2.00. The third-order valence-corrected chi connectivity index (χ3v) is 3.82. The van der Waals surface area contributed by atoms with E-state index in [0.29, 0.717) is 6.10 Å². The predicted octanol–water partition coefficient (Wildman–Crippen LogP) is 2.62. The summed E-state index contributed by atoms with van der Waals surface area (Å²) in [6.07, 6.45) is 4.12. The van der Waals surface area contributed by atoms with Crippen LogP contribution < -0.4 is 5.32 Å². The summed E-state index contributed by atoms with van der Waals surface area (Å²) in [4.78, 5) is 0. The van der Waals surface area contributed by atoms with Crippen LogP contribution in [0.25, 0.3) is 0 Å². The van der Waals surface area contributed by atoms with Crippen LogP contribution in [0, 0.1) is 0 Å². The van der Waals surface area contributed by atoms with Gasteiger partial charge in [-0.3, -0.25) is 0 Å². The predicted molar refractivity (Wildman–Crippen MR) is 64.6 cm³/mol. The van der Waals surface area contributed by atoms with Gasteiger partial charge in [0.2, 0.25) is 0 Å². The molecule has 2 aliphatic heterocycles. The molecule has 0 bridgehead atoms. The molecule has 1 N–H and O–H groups in total. The second-order valence-corrected chi connectivity index (χ2v) is 4.84. The summed E-state index contributed by atoms with van der Waals surface area (Å²) in [5.74, 6) is 0.762. The van der Waals surface area contributed by atoms with Gasteiger partial charge in [-0.25, -0.2) is 0 Å². The quantitative estimate of drug-likeness (QED) is 0.822. The van der Waals surface area contributed by atoms with E-state index in [1.165, 1.54) is 30.4 Å². The molecule has 16 heavy (non-hydrogen) atoms. The lowest BCUT2D eigenvalue weighted by Gasteiger charge is -2.28. The van der Waals surface area contributed by atoms with Crippen molar-refractivity contribution in [2.75, 3.05) is 19.7 Å². The lowest BCUT2D eigenvalue weighted by atomic mass is 9.89. The molecule has 0 aliphatic carbocycles. The molecule has 0 saturated carbocycles. The fourth-order valence-electron chi connectivity index (χ4n) is 2.64. The van der Waals surface area contributed by atoms with E-state index < -0.39 is 0 Å². The molecule has 2 aliphatic rings. The van der Waals surface area contributed by atoms with Crippen molar-refractivity contribution in [3.8, 4) is 0 Å². The number of ether oxygens (including phenoxy) is 1. The Morgan fingerprint density at radius 2 is 1.56 bits per heavy atom. The van der Waals surface area contributed by atoms with E-state index >= 15 is 0 Å². The Morgan fingerprint density at radius 3 is 2.12 bits per heavy atom. The van der Waals surface area contributed by atoms with Gasteiger partial charge in [0.25, 0.3) is 0 Å². The topological polar surface area (TPSA) is 21.3 Å². The number of hydrogen-bond donors (Lipinski definition) is 1. The highest BCUT2D eigenvalue weighted by Gasteiger charge is 2.21. The van der Waals surface area contributed by atoms with Gasteiger partial charge < -0.3 is 10.1 Å². The summed E-state index contributed by atoms with van der Waals surface area (Å²) in [6.45, 7) is 3.26. The zero-order valence-electron chi connectivity index (χ0n) is 9.61. The van der Waals surface area contributed by atoms with E-state index in [4.69, 9.17) is 4.74 Å². The minimum absolute atomic E-state index is 0.377. The van der Waals surface area contributed by atoms with Crippen LogP contribution in [0.3, 0.4) is 0 Å². The minimum Gasteiger partial charge on any atom is -0.373 e. The molecule has 2 fully saturated rings. The fourth-order valence-corrected chi connectivity index (χ4v) is 2.64. The average molecular weight is 217 g/mol. The Hall–Kier alpha value is -0.860. The van der Waals surface area contributed by atoms with E-state index in [1.807, 2.05) is 0 Å². The number of rotatable bonds is 2. The summed E-state index contributed by atoms with van der Waals surface area (Å²) in [5, 5.41) is 3.41. The second-order valence-electron chi connectivity index (χ2n) is 4.84. The standard InChI is InChI=1S/C14H19NO/c1-3-13(14-7-10-16-14)4-2-11(1)12-5-8-15-9-6-12/h1-4,12,14-15H,5-10H2. The molecule has 2 saturated heterocycles. The Morgan fingerprint density at radius 1 is 0.938 bits per heavy atom. The Labute approximate surface area is 97.0 Å².